The number of carbonyl (C=O) groups is 2. The minimum Gasteiger partial charge on any atom is -0.588 e. The molecule has 0 aliphatic rings. The highest BCUT2D eigenvalue weighted by Crippen LogP contribution is 2.32. The maximum atomic E-state index is 13.4. The minimum atomic E-state index is -1.63. The van der Waals surface area contributed by atoms with Crippen molar-refractivity contribution in [3.8, 4) is 16.9 Å². The molecule has 208 valence electrons. The van der Waals surface area contributed by atoms with Gasteiger partial charge < -0.3 is 24.8 Å². The quantitative estimate of drug-likeness (QED) is 0.163. The molecule has 0 bridgehead atoms. The molecule has 1 heterocycles. The summed E-state index contributed by atoms with van der Waals surface area (Å²) in [6, 6.07) is 22.2. The third kappa shape index (κ3) is 7.15. The van der Waals surface area contributed by atoms with E-state index in [1.807, 2.05) is 66.9 Å². The molecule has 40 heavy (non-hydrogen) atoms. The fourth-order valence-electron chi connectivity index (χ4n) is 4.01. The van der Waals surface area contributed by atoms with Gasteiger partial charge in [0.05, 0.1) is 17.7 Å². The van der Waals surface area contributed by atoms with Crippen LogP contribution in [-0.2, 0) is 11.4 Å². The number of thiophene rings is 1. The zero-order chi connectivity index (χ0) is 28.6. The first-order valence-electron chi connectivity index (χ1n) is 12.6. The Balaban J connectivity index is 1.42. The molecule has 3 N–H and O–H groups in total. The van der Waals surface area contributed by atoms with Crippen molar-refractivity contribution in [3.63, 3.8) is 0 Å². The van der Waals surface area contributed by atoms with E-state index in [0.29, 0.717) is 35.0 Å². The van der Waals surface area contributed by atoms with Gasteiger partial charge in [0.2, 0.25) is 4.90 Å². The molecule has 0 saturated carbocycles. The summed E-state index contributed by atoms with van der Waals surface area (Å²) in [6.07, 6.45) is 0. The lowest BCUT2D eigenvalue weighted by Crippen LogP contribution is -2.28. The predicted molar refractivity (Wildman–Crippen MR) is 163 cm³/mol. The van der Waals surface area contributed by atoms with Crippen molar-refractivity contribution in [2.24, 2.45) is 0 Å². The molecular formula is C30H32N4O4S2. The third-order valence-electron chi connectivity index (χ3n) is 6.09. The van der Waals surface area contributed by atoms with Crippen LogP contribution in [0.4, 0.5) is 11.4 Å². The van der Waals surface area contributed by atoms with Gasteiger partial charge in [-0.15, -0.1) is 11.3 Å². The standard InChI is InChI=1S/C30H32N4O4S2/c1-20-13-16-39-28(20)29(35)32-15-14-31-24-9-6-10-25(19-24)33-40(37)27-18-22(11-12-26(27)38-4)21-7-5-8-23(17-21)30(36)34(2)3/h5-13,16-19,31,33H,14-15H2,1-4H3,(H,32,35). The average Bonchev–Trinajstić information content (AvgIpc) is 3.40. The summed E-state index contributed by atoms with van der Waals surface area (Å²) in [4.78, 5) is 27.5. The van der Waals surface area contributed by atoms with Gasteiger partial charge >= 0.3 is 0 Å². The first-order chi connectivity index (χ1) is 19.3. The van der Waals surface area contributed by atoms with Crippen LogP contribution in [0.15, 0.2) is 83.1 Å². The summed E-state index contributed by atoms with van der Waals surface area (Å²) in [6.45, 7) is 2.92. The van der Waals surface area contributed by atoms with Gasteiger partial charge in [0.1, 0.15) is 11.4 Å². The molecule has 0 radical (unpaired) electrons. The number of nitrogens with one attached hydrogen (secondary N) is 3. The zero-order valence-electron chi connectivity index (χ0n) is 22.8. The number of ether oxygens (including phenoxy) is 1. The van der Waals surface area contributed by atoms with E-state index in [1.54, 1.807) is 32.3 Å². The van der Waals surface area contributed by atoms with Crippen molar-refractivity contribution < 1.29 is 18.9 Å². The summed E-state index contributed by atoms with van der Waals surface area (Å²) in [5.74, 6) is 0.322. The molecule has 3 aromatic carbocycles. The van der Waals surface area contributed by atoms with E-state index in [-0.39, 0.29) is 11.8 Å². The molecule has 4 rings (SSSR count). The van der Waals surface area contributed by atoms with Gasteiger partial charge in [-0.2, -0.15) is 0 Å². The lowest BCUT2D eigenvalue weighted by Gasteiger charge is -2.16. The van der Waals surface area contributed by atoms with Gasteiger partial charge in [-0.1, -0.05) is 24.3 Å². The average molecular weight is 577 g/mol. The summed E-state index contributed by atoms with van der Waals surface area (Å²) >= 11 is -0.198. The Labute approximate surface area is 241 Å². The van der Waals surface area contributed by atoms with E-state index < -0.39 is 11.4 Å². The lowest BCUT2D eigenvalue weighted by atomic mass is 10.0. The molecule has 1 aromatic heterocycles. The fraction of sp³-hybridized carbons (Fsp3) is 0.200. The first kappa shape index (κ1) is 29.0. The number of amides is 2. The highest BCUT2D eigenvalue weighted by molar-refractivity contribution is 7.92. The van der Waals surface area contributed by atoms with Crippen LogP contribution >= 0.6 is 11.3 Å². The predicted octanol–water partition coefficient (Wildman–Crippen LogP) is 5.41. The van der Waals surface area contributed by atoms with Crippen molar-refractivity contribution in [2.75, 3.05) is 44.3 Å². The topological polar surface area (TPSA) is 106 Å². The van der Waals surface area contributed by atoms with Crippen LogP contribution in [0.25, 0.3) is 11.1 Å². The van der Waals surface area contributed by atoms with E-state index in [0.717, 1.165) is 27.3 Å². The minimum absolute atomic E-state index is 0.0766. The molecule has 0 aliphatic heterocycles. The number of anilines is 2. The zero-order valence-corrected chi connectivity index (χ0v) is 24.4. The van der Waals surface area contributed by atoms with Crippen molar-refractivity contribution in [1.82, 2.24) is 10.2 Å². The second kappa shape index (κ2) is 13.4. The highest BCUT2D eigenvalue weighted by atomic mass is 32.2. The van der Waals surface area contributed by atoms with Gasteiger partial charge in [0.25, 0.3) is 11.8 Å². The SMILES string of the molecule is COc1ccc(-c2cccc(C(=O)N(C)C)c2)cc1[S+]([O-])Nc1cccc(NCCNC(=O)c2sccc2C)c1. The maximum absolute atomic E-state index is 13.4. The summed E-state index contributed by atoms with van der Waals surface area (Å²) in [5, 5.41) is 8.11. The number of hydrogen-bond acceptors (Lipinski definition) is 7. The Kier molecular flexibility index (Phi) is 9.70. The Morgan fingerprint density at radius 3 is 2.42 bits per heavy atom. The van der Waals surface area contributed by atoms with Crippen LogP contribution in [0.5, 0.6) is 5.75 Å². The Hall–Kier alpha value is -3.99. The fourth-order valence-corrected chi connectivity index (χ4v) is 5.87. The summed E-state index contributed by atoms with van der Waals surface area (Å²) < 4.78 is 22.0. The molecule has 0 saturated heterocycles. The highest BCUT2D eigenvalue weighted by Gasteiger charge is 2.20. The number of nitrogens with zero attached hydrogens (tertiary/aromatic N) is 1. The summed E-state index contributed by atoms with van der Waals surface area (Å²) in [7, 11) is 4.96. The molecule has 1 unspecified atom stereocenters. The maximum Gasteiger partial charge on any atom is 0.261 e. The number of benzene rings is 3. The Morgan fingerprint density at radius 2 is 1.70 bits per heavy atom. The van der Waals surface area contributed by atoms with Crippen LogP contribution in [0.3, 0.4) is 0 Å². The molecule has 0 aliphatic carbocycles. The first-order valence-corrected chi connectivity index (χ1v) is 14.6. The second-order valence-corrected chi connectivity index (χ2v) is 11.3. The molecular weight excluding hydrogens is 544 g/mol. The monoisotopic (exact) mass is 576 g/mol. The lowest BCUT2D eigenvalue weighted by molar-refractivity contribution is 0.0827. The van der Waals surface area contributed by atoms with Gasteiger partial charge in [-0.3, -0.25) is 9.59 Å². The smallest absolute Gasteiger partial charge is 0.261 e. The van der Waals surface area contributed by atoms with Crippen molar-refractivity contribution in [1.29, 1.82) is 0 Å². The largest absolute Gasteiger partial charge is 0.588 e. The number of aryl methyl sites for hydroxylation is 1. The molecule has 10 heteroatoms. The van der Waals surface area contributed by atoms with Gasteiger partial charge in [-0.05, 0) is 71.5 Å². The van der Waals surface area contributed by atoms with Crippen molar-refractivity contribution in [2.45, 2.75) is 11.8 Å². The van der Waals surface area contributed by atoms with E-state index >= 15 is 0 Å². The van der Waals surface area contributed by atoms with Crippen LogP contribution in [-0.4, -0.2) is 55.6 Å². The number of carbonyl (C=O) groups excluding carboxylic acids is 2. The molecule has 8 nitrogen and oxygen atoms in total. The summed E-state index contributed by atoms with van der Waals surface area (Å²) in [5.41, 5.74) is 4.68. The van der Waals surface area contributed by atoms with Crippen LogP contribution < -0.4 is 20.1 Å². The third-order valence-corrected chi connectivity index (χ3v) is 8.25. The van der Waals surface area contributed by atoms with Crippen LogP contribution in [0, 0.1) is 6.92 Å². The second-order valence-electron chi connectivity index (χ2n) is 9.21. The number of hydrogen-bond donors (Lipinski definition) is 3. The molecule has 1 atom stereocenters. The molecule has 2 amide bonds. The Bertz CT molecular complexity index is 1490. The number of rotatable bonds is 11. The van der Waals surface area contributed by atoms with Crippen LogP contribution in [0.2, 0.25) is 0 Å². The van der Waals surface area contributed by atoms with E-state index in [2.05, 4.69) is 15.4 Å². The molecule has 4 aromatic rings. The van der Waals surface area contributed by atoms with E-state index in [4.69, 9.17) is 4.74 Å². The van der Waals surface area contributed by atoms with Crippen LogP contribution in [0.1, 0.15) is 25.6 Å². The van der Waals surface area contributed by atoms with Gasteiger partial charge in [0, 0.05) is 44.5 Å². The van der Waals surface area contributed by atoms with Crippen molar-refractivity contribution >= 4 is 45.9 Å². The Morgan fingerprint density at radius 1 is 0.950 bits per heavy atom. The normalized spacial score (nSPS) is 11.4. The molecule has 0 fully saturated rings. The van der Waals surface area contributed by atoms with Crippen molar-refractivity contribution in [3.05, 3.63) is 94.2 Å². The molecule has 0 spiro atoms. The van der Waals surface area contributed by atoms with E-state index in [9.17, 15) is 14.1 Å². The van der Waals surface area contributed by atoms with E-state index in [1.165, 1.54) is 23.3 Å². The number of methoxy groups -OCH3 is 1. The van der Waals surface area contributed by atoms with Gasteiger partial charge in [-0.25, -0.2) is 4.72 Å². The van der Waals surface area contributed by atoms with Gasteiger partial charge in [0.15, 0.2) is 5.75 Å².